The number of carboxylic acids is 1. The molecule has 0 saturated heterocycles. The number of nitrogens with one attached hydrogen (secondary N) is 1. The van der Waals surface area contributed by atoms with Crippen molar-refractivity contribution >= 4 is 33.1 Å². The van der Waals surface area contributed by atoms with E-state index < -0.39 is 33.8 Å². The lowest BCUT2D eigenvalue weighted by Crippen LogP contribution is -2.37. The third-order valence-electron chi connectivity index (χ3n) is 6.23. The molecule has 4 rings (SSSR count). The van der Waals surface area contributed by atoms with E-state index in [1.807, 2.05) is 12.1 Å². The number of benzene rings is 3. The molecule has 0 bridgehead atoms. The summed E-state index contributed by atoms with van der Waals surface area (Å²) in [4.78, 5) is 11.5. The molecular formula is C26H27FN2O4S. The molecule has 0 fully saturated rings. The van der Waals surface area contributed by atoms with Gasteiger partial charge in [-0.2, -0.15) is 0 Å². The molecular weight excluding hydrogens is 455 g/mol. The van der Waals surface area contributed by atoms with Gasteiger partial charge in [0, 0.05) is 17.3 Å². The third-order valence-corrected chi connectivity index (χ3v) is 8.14. The van der Waals surface area contributed by atoms with E-state index in [9.17, 15) is 22.7 Å². The zero-order chi connectivity index (χ0) is 24.6. The number of carboxylic acid groups (broad SMARTS) is 1. The van der Waals surface area contributed by atoms with Gasteiger partial charge < -0.3 is 10.4 Å². The predicted octanol–water partition coefficient (Wildman–Crippen LogP) is 5.85. The largest absolute Gasteiger partial charge is 0.481 e. The summed E-state index contributed by atoms with van der Waals surface area (Å²) < 4.78 is 42.3. The number of aliphatic carboxylic acids is 1. The number of anilines is 3. The van der Waals surface area contributed by atoms with Crippen LogP contribution < -0.4 is 9.62 Å². The van der Waals surface area contributed by atoms with Crippen LogP contribution in [0.3, 0.4) is 0 Å². The molecule has 2 unspecified atom stereocenters. The maximum absolute atomic E-state index is 13.9. The van der Waals surface area contributed by atoms with Gasteiger partial charge in [0.15, 0.2) is 0 Å². The topological polar surface area (TPSA) is 86.7 Å². The minimum Gasteiger partial charge on any atom is -0.481 e. The van der Waals surface area contributed by atoms with Gasteiger partial charge >= 0.3 is 5.97 Å². The normalized spacial score (nSPS) is 17.6. The number of hydrogen-bond donors (Lipinski definition) is 2. The van der Waals surface area contributed by atoms with E-state index in [1.54, 1.807) is 19.1 Å². The van der Waals surface area contributed by atoms with Crippen LogP contribution in [0.4, 0.5) is 21.5 Å². The van der Waals surface area contributed by atoms with Gasteiger partial charge in [0.2, 0.25) is 0 Å². The minimum atomic E-state index is -4.00. The van der Waals surface area contributed by atoms with E-state index in [4.69, 9.17) is 0 Å². The fourth-order valence-electron chi connectivity index (χ4n) is 4.45. The molecule has 178 valence electrons. The monoisotopic (exact) mass is 482 g/mol. The Morgan fingerprint density at radius 3 is 2.41 bits per heavy atom. The summed E-state index contributed by atoms with van der Waals surface area (Å²) in [6.45, 7) is 5.89. The smallest absolute Gasteiger partial charge is 0.304 e. The second kappa shape index (κ2) is 9.10. The molecule has 0 saturated carbocycles. The van der Waals surface area contributed by atoms with E-state index in [-0.39, 0.29) is 11.3 Å². The summed E-state index contributed by atoms with van der Waals surface area (Å²) in [7, 11) is -4.00. The highest BCUT2D eigenvalue weighted by atomic mass is 32.2. The zero-order valence-electron chi connectivity index (χ0n) is 19.2. The summed E-state index contributed by atoms with van der Waals surface area (Å²) in [5.74, 6) is -1.86. The molecule has 0 aromatic heterocycles. The Labute approximate surface area is 199 Å². The predicted molar refractivity (Wildman–Crippen MR) is 131 cm³/mol. The summed E-state index contributed by atoms with van der Waals surface area (Å²) in [6, 6.07) is 17.6. The van der Waals surface area contributed by atoms with Crippen LogP contribution in [0.2, 0.25) is 0 Å². The number of sulfonamides is 1. The van der Waals surface area contributed by atoms with Gasteiger partial charge in [-0.1, -0.05) is 26.0 Å². The van der Waals surface area contributed by atoms with Gasteiger partial charge in [0.25, 0.3) is 10.0 Å². The van der Waals surface area contributed by atoms with Crippen molar-refractivity contribution < 1.29 is 22.7 Å². The van der Waals surface area contributed by atoms with Gasteiger partial charge in [-0.15, -0.1) is 0 Å². The molecule has 8 heteroatoms. The number of fused-ring (bicyclic) bond motifs is 1. The Hall–Kier alpha value is -3.39. The SMILES string of the molecule is CC(C)c1cccc(Nc2ccc(S(=O)(=O)N3c4ccc(F)cc4C(CC(=O)O)C3C)cc2)c1. The number of hydrogen-bond acceptors (Lipinski definition) is 4. The third kappa shape index (κ3) is 4.50. The molecule has 3 aromatic rings. The van der Waals surface area contributed by atoms with E-state index >= 15 is 0 Å². The summed E-state index contributed by atoms with van der Waals surface area (Å²) >= 11 is 0. The lowest BCUT2D eigenvalue weighted by atomic mass is 9.93. The van der Waals surface area contributed by atoms with Crippen LogP contribution in [-0.4, -0.2) is 25.5 Å². The van der Waals surface area contributed by atoms with Gasteiger partial charge in [0.1, 0.15) is 5.82 Å². The van der Waals surface area contributed by atoms with Crippen molar-refractivity contribution in [2.45, 2.75) is 50.0 Å². The van der Waals surface area contributed by atoms with Crippen LogP contribution in [0.15, 0.2) is 71.6 Å². The molecule has 0 amide bonds. The van der Waals surface area contributed by atoms with Crippen molar-refractivity contribution in [2.24, 2.45) is 0 Å². The number of rotatable bonds is 7. The number of halogens is 1. The number of carbonyl (C=O) groups is 1. The average Bonchev–Trinajstić information content (AvgIpc) is 3.05. The van der Waals surface area contributed by atoms with E-state index in [0.717, 1.165) is 11.4 Å². The molecule has 34 heavy (non-hydrogen) atoms. The Balaban J connectivity index is 1.63. The van der Waals surface area contributed by atoms with Gasteiger partial charge in [0.05, 0.1) is 23.0 Å². The van der Waals surface area contributed by atoms with Crippen molar-refractivity contribution in [3.8, 4) is 0 Å². The van der Waals surface area contributed by atoms with Gasteiger partial charge in [-0.25, -0.2) is 12.8 Å². The lowest BCUT2D eigenvalue weighted by molar-refractivity contribution is -0.137. The van der Waals surface area contributed by atoms with Crippen molar-refractivity contribution in [3.05, 3.63) is 83.7 Å². The van der Waals surface area contributed by atoms with Crippen molar-refractivity contribution in [2.75, 3.05) is 9.62 Å². The van der Waals surface area contributed by atoms with Crippen molar-refractivity contribution in [1.82, 2.24) is 0 Å². The summed E-state index contributed by atoms with van der Waals surface area (Å²) in [5.41, 5.74) is 3.54. The standard InChI is InChI=1S/C26H27FN2O4S/c1-16(2)18-5-4-6-21(13-18)28-20-8-10-22(11-9-20)34(32,33)29-17(3)23(15-26(30)31)24-14-19(27)7-12-25(24)29/h4-14,16-17,23,28H,15H2,1-3H3,(H,30,31). The highest BCUT2D eigenvalue weighted by Gasteiger charge is 2.43. The van der Waals surface area contributed by atoms with Crippen LogP contribution in [0, 0.1) is 5.82 Å². The molecule has 1 aliphatic heterocycles. The highest BCUT2D eigenvalue weighted by molar-refractivity contribution is 7.92. The molecule has 1 aliphatic rings. The van der Waals surface area contributed by atoms with Crippen LogP contribution >= 0.6 is 0 Å². The number of nitrogens with zero attached hydrogens (tertiary/aromatic N) is 1. The van der Waals surface area contributed by atoms with Gasteiger partial charge in [-0.05, 0) is 78.6 Å². The van der Waals surface area contributed by atoms with Crippen LogP contribution in [0.1, 0.15) is 50.2 Å². The first-order valence-electron chi connectivity index (χ1n) is 11.1. The minimum absolute atomic E-state index is 0.0760. The van der Waals surface area contributed by atoms with E-state index in [2.05, 4.69) is 31.3 Å². The molecule has 3 aromatic carbocycles. The molecule has 1 heterocycles. The first-order chi connectivity index (χ1) is 16.1. The van der Waals surface area contributed by atoms with E-state index in [1.165, 1.54) is 40.2 Å². The second-order valence-corrected chi connectivity index (χ2v) is 10.7. The highest BCUT2D eigenvalue weighted by Crippen LogP contribution is 2.45. The van der Waals surface area contributed by atoms with Gasteiger partial charge in [-0.3, -0.25) is 9.10 Å². The fraction of sp³-hybridized carbons (Fsp3) is 0.269. The van der Waals surface area contributed by atoms with Crippen LogP contribution in [0.5, 0.6) is 0 Å². The first-order valence-corrected chi connectivity index (χ1v) is 12.5. The first kappa shape index (κ1) is 23.8. The molecule has 0 radical (unpaired) electrons. The van der Waals surface area contributed by atoms with Crippen molar-refractivity contribution in [1.29, 1.82) is 0 Å². The van der Waals surface area contributed by atoms with E-state index in [0.29, 0.717) is 17.2 Å². The fourth-order valence-corrected chi connectivity index (χ4v) is 6.17. The van der Waals surface area contributed by atoms with Crippen LogP contribution in [-0.2, 0) is 14.8 Å². The summed E-state index contributed by atoms with van der Waals surface area (Å²) in [5, 5.41) is 12.6. The second-order valence-electron chi connectivity index (χ2n) is 8.88. The molecule has 2 atom stereocenters. The Bertz CT molecular complexity index is 1320. The maximum Gasteiger partial charge on any atom is 0.304 e. The molecule has 0 spiro atoms. The molecule has 0 aliphatic carbocycles. The van der Waals surface area contributed by atoms with Crippen LogP contribution in [0.25, 0.3) is 0 Å². The molecule has 6 nitrogen and oxygen atoms in total. The van der Waals surface area contributed by atoms with Crippen molar-refractivity contribution in [3.63, 3.8) is 0 Å². The average molecular weight is 483 g/mol. The molecule has 2 N–H and O–H groups in total. The maximum atomic E-state index is 13.9. The summed E-state index contributed by atoms with van der Waals surface area (Å²) in [6.07, 6.45) is -0.290. The quantitative estimate of drug-likeness (QED) is 0.441. The Kier molecular flexibility index (Phi) is 6.36. The zero-order valence-corrected chi connectivity index (χ0v) is 20.0. The Morgan fingerprint density at radius 2 is 1.76 bits per heavy atom. The Morgan fingerprint density at radius 1 is 1.06 bits per heavy atom. The lowest BCUT2D eigenvalue weighted by Gasteiger charge is -2.26.